The van der Waals surface area contributed by atoms with Gasteiger partial charge in [-0.25, -0.2) is 0 Å². The number of hydrogen-bond acceptors (Lipinski definition) is 3. The molecular formula is C24H31NO2. The van der Waals surface area contributed by atoms with E-state index >= 15 is 0 Å². The largest absolute Gasteiger partial charge is 0.508 e. The van der Waals surface area contributed by atoms with Gasteiger partial charge < -0.3 is 15.1 Å². The van der Waals surface area contributed by atoms with Crippen molar-refractivity contribution in [1.82, 2.24) is 4.90 Å². The number of aromatic hydroxyl groups is 1. The van der Waals surface area contributed by atoms with Crippen LogP contribution >= 0.6 is 0 Å². The number of likely N-dealkylation sites (tertiary alicyclic amines) is 1. The third-order valence-corrected chi connectivity index (χ3v) is 6.58. The lowest BCUT2D eigenvalue weighted by molar-refractivity contribution is 0.0347. The van der Waals surface area contributed by atoms with Crippen LogP contribution in [0.2, 0.25) is 0 Å². The lowest BCUT2D eigenvalue weighted by Crippen LogP contribution is -2.38. The van der Waals surface area contributed by atoms with Crippen LogP contribution in [0.5, 0.6) is 5.75 Å². The van der Waals surface area contributed by atoms with Crippen LogP contribution in [0.1, 0.15) is 37.8 Å². The van der Waals surface area contributed by atoms with Crippen LogP contribution in [0, 0.1) is 11.8 Å². The quantitative estimate of drug-likeness (QED) is 0.842. The number of hydrogen-bond donors (Lipinski definition) is 2. The second-order valence-electron chi connectivity index (χ2n) is 9.44. The van der Waals surface area contributed by atoms with Gasteiger partial charge in [-0.1, -0.05) is 56.3 Å². The summed E-state index contributed by atoms with van der Waals surface area (Å²) < 4.78 is 0. The molecule has 1 aliphatic heterocycles. The lowest BCUT2D eigenvalue weighted by atomic mass is 9.84. The molecule has 1 saturated carbocycles. The van der Waals surface area contributed by atoms with Gasteiger partial charge in [0.05, 0.1) is 5.60 Å². The molecule has 144 valence electrons. The number of phenols is 1. The van der Waals surface area contributed by atoms with Gasteiger partial charge in [0.1, 0.15) is 5.75 Å². The van der Waals surface area contributed by atoms with Crippen molar-refractivity contribution >= 4 is 0 Å². The third kappa shape index (κ3) is 4.04. The van der Waals surface area contributed by atoms with Crippen LogP contribution in [-0.2, 0) is 11.8 Å². The predicted octanol–water partition coefficient (Wildman–Crippen LogP) is 3.99. The molecule has 1 unspecified atom stereocenters. The average molecular weight is 366 g/mol. The average Bonchev–Trinajstić information content (AvgIpc) is 3.09. The zero-order valence-electron chi connectivity index (χ0n) is 16.4. The number of fused-ring (bicyclic) bond motifs is 1. The molecule has 1 saturated heterocycles. The maximum Gasteiger partial charge on any atom is 0.115 e. The van der Waals surface area contributed by atoms with Gasteiger partial charge >= 0.3 is 0 Å². The summed E-state index contributed by atoms with van der Waals surface area (Å²) in [5.74, 6) is 1.53. The Morgan fingerprint density at radius 2 is 1.56 bits per heavy atom. The van der Waals surface area contributed by atoms with Crippen molar-refractivity contribution in [2.75, 3.05) is 19.6 Å². The zero-order valence-corrected chi connectivity index (χ0v) is 16.4. The predicted molar refractivity (Wildman–Crippen MR) is 109 cm³/mol. The van der Waals surface area contributed by atoms with E-state index < -0.39 is 5.60 Å². The summed E-state index contributed by atoms with van der Waals surface area (Å²) in [5.41, 5.74) is 2.02. The number of benzene rings is 2. The van der Waals surface area contributed by atoms with Gasteiger partial charge in [0.2, 0.25) is 0 Å². The monoisotopic (exact) mass is 365 g/mol. The molecule has 0 radical (unpaired) electrons. The van der Waals surface area contributed by atoms with Crippen molar-refractivity contribution in [3.8, 4) is 5.75 Å². The molecule has 2 aromatic rings. The Kier molecular flexibility index (Phi) is 4.77. The highest BCUT2D eigenvalue weighted by Gasteiger charge is 2.48. The van der Waals surface area contributed by atoms with E-state index in [2.05, 4.69) is 43.0 Å². The van der Waals surface area contributed by atoms with Crippen LogP contribution in [0.3, 0.4) is 0 Å². The van der Waals surface area contributed by atoms with Gasteiger partial charge in [-0.15, -0.1) is 0 Å². The summed E-state index contributed by atoms with van der Waals surface area (Å²) in [4.78, 5) is 2.57. The highest BCUT2D eigenvalue weighted by molar-refractivity contribution is 5.31. The normalized spacial score (nSPS) is 28.4. The van der Waals surface area contributed by atoms with E-state index in [4.69, 9.17) is 0 Å². The first-order chi connectivity index (χ1) is 12.8. The molecule has 4 rings (SSSR count). The van der Waals surface area contributed by atoms with Crippen molar-refractivity contribution in [2.24, 2.45) is 11.8 Å². The van der Waals surface area contributed by atoms with Gasteiger partial charge in [0.15, 0.2) is 0 Å². The van der Waals surface area contributed by atoms with Gasteiger partial charge in [0.25, 0.3) is 0 Å². The molecule has 27 heavy (non-hydrogen) atoms. The van der Waals surface area contributed by atoms with E-state index in [-0.39, 0.29) is 5.41 Å². The molecule has 0 bridgehead atoms. The maximum atomic E-state index is 11.1. The van der Waals surface area contributed by atoms with E-state index in [1.165, 1.54) is 11.1 Å². The first-order valence-corrected chi connectivity index (χ1v) is 10.1. The highest BCUT2D eigenvalue weighted by Crippen LogP contribution is 2.46. The van der Waals surface area contributed by atoms with Crippen LogP contribution in [-0.4, -0.2) is 40.3 Å². The first-order valence-electron chi connectivity index (χ1n) is 10.1. The van der Waals surface area contributed by atoms with Crippen molar-refractivity contribution in [3.63, 3.8) is 0 Å². The standard InChI is InChI=1S/C24H31NO2/c1-23(2,21-8-10-22(26)11-9-21)17-25-15-19-13-24(27,14-20(19)16-25)12-18-6-4-3-5-7-18/h3-11,19-20,26-27H,12-17H2,1-2H3/t19-,20+,24?. The first kappa shape index (κ1) is 18.5. The number of rotatable bonds is 5. The molecule has 3 atom stereocenters. The molecule has 0 spiro atoms. The molecule has 2 aliphatic rings. The third-order valence-electron chi connectivity index (χ3n) is 6.58. The van der Waals surface area contributed by atoms with Crippen molar-refractivity contribution in [2.45, 2.75) is 44.1 Å². The Morgan fingerprint density at radius 1 is 0.963 bits per heavy atom. The van der Waals surface area contributed by atoms with Crippen molar-refractivity contribution in [3.05, 3.63) is 65.7 Å². The number of nitrogens with zero attached hydrogens (tertiary/aromatic N) is 1. The molecule has 2 aromatic carbocycles. The molecule has 0 aromatic heterocycles. The highest BCUT2D eigenvalue weighted by atomic mass is 16.3. The maximum absolute atomic E-state index is 11.1. The summed E-state index contributed by atoms with van der Waals surface area (Å²) in [6.07, 6.45) is 2.62. The van der Waals surface area contributed by atoms with Crippen LogP contribution in [0.4, 0.5) is 0 Å². The summed E-state index contributed by atoms with van der Waals surface area (Å²) in [5, 5.41) is 20.7. The summed E-state index contributed by atoms with van der Waals surface area (Å²) in [7, 11) is 0. The second-order valence-corrected chi connectivity index (χ2v) is 9.44. The Bertz CT molecular complexity index is 755. The lowest BCUT2D eigenvalue weighted by Gasteiger charge is -2.32. The van der Waals surface area contributed by atoms with E-state index in [1.807, 2.05) is 18.2 Å². The van der Waals surface area contributed by atoms with Crippen molar-refractivity contribution in [1.29, 1.82) is 0 Å². The van der Waals surface area contributed by atoms with E-state index in [0.29, 0.717) is 17.6 Å². The molecule has 1 heterocycles. The SMILES string of the molecule is CC(C)(CN1C[C@@H]2CC(O)(Cc3ccccc3)C[C@@H]2C1)c1ccc(O)cc1. The molecular weight excluding hydrogens is 334 g/mol. The van der Waals surface area contributed by atoms with Gasteiger partial charge in [0, 0.05) is 31.5 Å². The number of aliphatic hydroxyl groups is 1. The summed E-state index contributed by atoms with van der Waals surface area (Å²) in [6, 6.07) is 18.0. The van der Waals surface area contributed by atoms with Gasteiger partial charge in [-0.2, -0.15) is 0 Å². The Hall–Kier alpha value is -1.84. The Morgan fingerprint density at radius 3 is 2.15 bits per heavy atom. The molecule has 3 heteroatoms. The molecule has 3 nitrogen and oxygen atoms in total. The van der Waals surface area contributed by atoms with E-state index in [1.54, 1.807) is 12.1 Å². The zero-order chi connectivity index (χ0) is 19.1. The van der Waals surface area contributed by atoms with Gasteiger partial charge in [-0.3, -0.25) is 0 Å². The fourth-order valence-electron chi connectivity index (χ4n) is 5.37. The fourth-order valence-corrected chi connectivity index (χ4v) is 5.37. The van der Waals surface area contributed by atoms with Gasteiger partial charge in [-0.05, 0) is 47.9 Å². The van der Waals surface area contributed by atoms with Crippen molar-refractivity contribution < 1.29 is 10.2 Å². The molecule has 2 N–H and O–H groups in total. The van der Waals surface area contributed by atoms with Crippen LogP contribution in [0.15, 0.2) is 54.6 Å². The smallest absolute Gasteiger partial charge is 0.115 e. The minimum atomic E-state index is -0.532. The fraction of sp³-hybridized carbons (Fsp3) is 0.500. The minimum absolute atomic E-state index is 0.0483. The second kappa shape index (κ2) is 6.96. The van der Waals surface area contributed by atoms with Crippen LogP contribution < -0.4 is 0 Å². The van der Waals surface area contributed by atoms with E-state index in [9.17, 15) is 10.2 Å². The number of phenolic OH excluding ortho intramolecular Hbond substituents is 1. The Labute approximate surface area is 162 Å². The van der Waals surface area contributed by atoms with E-state index in [0.717, 1.165) is 38.9 Å². The Balaban J connectivity index is 1.36. The molecule has 1 aliphatic carbocycles. The van der Waals surface area contributed by atoms with Crippen LogP contribution in [0.25, 0.3) is 0 Å². The molecule has 2 fully saturated rings. The summed E-state index contributed by atoms with van der Waals surface area (Å²) >= 11 is 0. The molecule has 0 amide bonds. The minimum Gasteiger partial charge on any atom is -0.508 e. The summed E-state index contributed by atoms with van der Waals surface area (Å²) in [6.45, 7) is 7.74. The topological polar surface area (TPSA) is 43.7 Å².